The molecule has 5 heteroatoms. The molecule has 0 unspecified atom stereocenters. The Labute approximate surface area is 106 Å². The van der Waals surface area contributed by atoms with Gasteiger partial charge in [0.1, 0.15) is 5.69 Å². The number of alkyl halides is 2. The minimum Gasteiger partial charge on any atom is -0.275 e. The second kappa shape index (κ2) is 4.56. The van der Waals surface area contributed by atoms with Gasteiger partial charge in [-0.25, -0.2) is 8.78 Å². The molecule has 0 aliphatic carbocycles. The Kier molecular flexibility index (Phi) is 3.28. The highest BCUT2D eigenvalue weighted by Crippen LogP contribution is 2.33. The summed E-state index contributed by atoms with van der Waals surface area (Å²) in [6, 6.07) is 5.49. The normalized spacial score (nSPS) is 11.2. The Balaban J connectivity index is 2.64. The van der Waals surface area contributed by atoms with Gasteiger partial charge in [-0.05, 0) is 18.6 Å². The molecule has 0 radical (unpaired) electrons. The topological polar surface area (TPSA) is 17.8 Å². The monoisotopic (exact) mass is 300 g/mol. The molecule has 1 aromatic heterocycles. The summed E-state index contributed by atoms with van der Waals surface area (Å²) in [5.74, 6) is 0. The molecule has 2 rings (SSSR count). The molecule has 17 heavy (non-hydrogen) atoms. The minimum atomic E-state index is -2.52. The van der Waals surface area contributed by atoms with Crippen LogP contribution in [-0.2, 0) is 7.05 Å². The molecule has 0 fully saturated rings. The first-order valence-electron chi connectivity index (χ1n) is 5.08. The molecule has 1 heterocycles. The Morgan fingerprint density at radius 2 is 2.06 bits per heavy atom. The van der Waals surface area contributed by atoms with Gasteiger partial charge in [0.15, 0.2) is 0 Å². The number of rotatable bonds is 2. The molecule has 0 aliphatic heterocycles. The number of nitrogens with zero attached hydrogens (tertiary/aromatic N) is 2. The summed E-state index contributed by atoms with van der Waals surface area (Å²) in [5.41, 5.74) is 1.96. The number of halogens is 3. The minimum absolute atomic E-state index is 0.0336. The molecule has 0 atom stereocenters. The summed E-state index contributed by atoms with van der Waals surface area (Å²) >= 11 is 3.39. The standard InChI is InChI=1S/C12H11BrF2N2/c1-7-8(4-3-5-10(7)13)11-9(12(14)15)6-17(2)16-11/h3-6,12H,1-2H3. The van der Waals surface area contributed by atoms with Crippen molar-refractivity contribution in [2.45, 2.75) is 13.3 Å². The van der Waals surface area contributed by atoms with Crippen molar-refractivity contribution in [3.05, 3.63) is 40.0 Å². The highest BCUT2D eigenvalue weighted by molar-refractivity contribution is 9.10. The van der Waals surface area contributed by atoms with Crippen LogP contribution < -0.4 is 0 Å². The zero-order valence-corrected chi connectivity index (χ0v) is 11.0. The van der Waals surface area contributed by atoms with Gasteiger partial charge in [-0.3, -0.25) is 4.68 Å². The van der Waals surface area contributed by atoms with E-state index in [1.54, 1.807) is 13.1 Å². The summed E-state index contributed by atoms with van der Waals surface area (Å²) in [5, 5.41) is 4.12. The van der Waals surface area contributed by atoms with Gasteiger partial charge in [-0.15, -0.1) is 0 Å². The van der Waals surface area contributed by atoms with Crippen molar-refractivity contribution in [1.82, 2.24) is 9.78 Å². The van der Waals surface area contributed by atoms with Crippen molar-refractivity contribution in [1.29, 1.82) is 0 Å². The average molecular weight is 301 g/mol. The molecular weight excluding hydrogens is 290 g/mol. The number of aryl methyl sites for hydroxylation is 1. The molecular formula is C12H11BrF2N2. The zero-order chi connectivity index (χ0) is 12.6. The molecule has 90 valence electrons. The average Bonchev–Trinajstić information content (AvgIpc) is 2.64. The van der Waals surface area contributed by atoms with Crippen LogP contribution in [0.25, 0.3) is 11.3 Å². The lowest BCUT2D eigenvalue weighted by Crippen LogP contribution is -1.91. The first-order valence-corrected chi connectivity index (χ1v) is 5.87. The van der Waals surface area contributed by atoms with Crippen molar-refractivity contribution in [3.8, 4) is 11.3 Å². The Morgan fingerprint density at radius 3 is 2.71 bits per heavy atom. The van der Waals surface area contributed by atoms with Gasteiger partial charge in [0.05, 0.1) is 5.56 Å². The summed E-state index contributed by atoms with van der Waals surface area (Å²) in [4.78, 5) is 0. The second-order valence-corrected chi connectivity index (χ2v) is 4.67. The van der Waals surface area contributed by atoms with E-state index >= 15 is 0 Å². The van der Waals surface area contributed by atoms with E-state index in [0.29, 0.717) is 5.69 Å². The van der Waals surface area contributed by atoms with E-state index in [1.165, 1.54) is 10.9 Å². The molecule has 0 bridgehead atoms. The summed E-state index contributed by atoms with van der Waals surface area (Å²) in [7, 11) is 1.64. The fourth-order valence-corrected chi connectivity index (χ4v) is 2.11. The van der Waals surface area contributed by atoms with Gasteiger partial charge >= 0.3 is 0 Å². The summed E-state index contributed by atoms with van der Waals surface area (Å²) in [6.07, 6.45) is -1.16. The third kappa shape index (κ3) is 2.24. The molecule has 1 aromatic carbocycles. The molecule has 0 saturated heterocycles. The first kappa shape index (κ1) is 12.2. The van der Waals surface area contributed by atoms with Crippen LogP contribution in [-0.4, -0.2) is 9.78 Å². The van der Waals surface area contributed by atoms with Gasteiger partial charge in [0, 0.05) is 23.3 Å². The maximum Gasteiger partial charge on any atom is 0.267 e. The predicted octanol–water partition coefficient (Wildman–Crippen LogP) is 4.10. The van der Waals surface area contributed by atoms with Gasteiger partial charge in [0.2, 0.25) is 0 Å². The fourth-order valence-electron chi connectivity index (χ4n) is 1.74. The Hall–Kier alpha value is -1.23. The quantitative estimate of drug-likeness (QED) is 0.816. The van der Waals surface area contributed by atoms with E-state index in [-0.39, 0.29) is 5.56 Å². The fraction of sp³-hybridized carbons (Fsp3) is 0.250. The van der Waals surface area contributed by atoms with Crippen LogP contribution in [0.4, 0.5) is 8.78 Å². The van der Waals surface area contributed by atoms with E-state index in [4.69, 9.17) is 0 Å². The Bertz CT molecular complexity index is 549. The molecule has 2 nitrogen and oxygen atoms in total. The zero-order valence-electron chi connectivity index (χ0n) is 9.42. The number of hydrogen-bond donors (Lipinski definition) is 0. The van der Waals surface area contributed by atoms with Crippen molar-refractivity contribution in [2.75, 3.05) is 0 Å². The van der Waals surface area contributed by atoms with Gasteiger partial charge < -0.3 is 0 Å². The predicted molar refractivity (Wildman–Crippen MR) is 66.0 cm³/mol. The molecule has 0 N–H and O–H groups in total. The van der Waals surface area contributed by atoms with Crippen LogP contribution in [0.2, 0.25) is 0 Å². The first-order chi connectivity index (χ1) is 8.00. The van der Waals surface area contributed by atoms with Crippen LogP contribution in [0.15, 0.2) is 28.9 Å². The number of aromatic nitrogens is 2. The number of benzene rings is 1. The van der Waals surface area contributed by atoms with E-state index in [1.807, 2.05) is 19.1 Å². The lowest BCUT2D eigenvalue weighted by atomic mass is 10.0. The van der Waals surface area contributed by atoms with Gasteiger partial charge in [0.25, 0.3) is 6.43 Å². The van der Waals surface area contributed by atoms with Crippen molar-refractivity contribution >= 4 is 15.9 Å². The number of hydrogen-bond acceptors (Lipinski definition) is 1. The highest BCUT2D eigenvalue weighted by Gasteiger charge is 2.19. The van der Waals surface area contributed by atoms with Crippen molar-refractivity contribution in [3.63, 3.8) is 0 Å². The van der Waals surface area contributed by atoms with Crippen LogP contribution in [0.3, 0.4) is 0 Å². The summed E-state index contributed by atoms with van der Waals surface area (Å²) in [6.45, 7) is 1.88. The van der Waals surface area contributed by atoms with Gasteiger partial charge in [-0.2, -0.15) is 5.10 Å². The lowest BCUT2D eigenvalue weighted by molar-refractivity contribution is 0.152. The van der Waals surface area contributed by atoms with Gasteiger partial charge in [-0.1, -0.05) is 28.1 Å². The van der Waals surface area contributed by atoms with E-state index < -0.39 is 6.43 Å². The van der Waals surface area contributed by atoms with E-state index in [0.717, 1.165) is 15.6 Å². The third-order valence-electron chi connectivity index (χ3n) is 2.62. The second-order valence-electron chi connectivity index (χ2n) is 3.82. The SMILES string of the molecule is Cc1c(Br)cccc1-c1nn(C)cc1C(F)F. The smallest absolute Gasteiger partial charge is 0.267 e. The maximum absolute atomic E-state index is 12.9. The largest absolute Gasteiger partial charge is 0.275 e. The van der Waals surface area contributed by atoms with Crippen LogP contribution in [0.1, 0.15) is 17.6 Å². The maximum atomic E-state index is 12.9. The lowest BCUT2D eigenvalue weighted by Gasteiger charge is -2.06. The highest BCUT2D eigenvalue weighted by atomic mass is 79.9. The van der Waals surface area contributed by atoms with Crippen molar-refractivity contribution < 1.29 is 8.78 Å². The molecule has 2 aromatic rings. The van der Waals surface area contributed by atoms with Crippen LogP contribution in [0, 0.1) is 6.92 Å². The molecule has 0 saturated carbocycles. The van der Waals surface area contributed by atoms with E-state index in [2.05, 4.69) is 21.0 Å². The van der Waals surface area contributed by atoms with Crippen LogP contribution in [0.5, 0.6) is 0 Å². The Morgan fingerprint density at radius 1 is 1.35 bits per heavy atom. The van der Waals surface area contributed by atoms with E-state index in [9.17, 15) is 8.78 Å². The van der Waals surface area contributed by atoms with Crippen molar-refractivity contribution in [2.24, 2.45) is 7.05 Å². The summed E-state index contributed by atoms with van der Waals surface area (Å²) < 4.78 is 28.1. The third-order valence-corrected chi connectivity index (χ3v) is 3.47. The molecule has 0 aliphatic rings. The molecule has 0 spiro atoms. The van der Waals surface area contributed by atoms with Crippen LogP contribution >= 0.6 is 15.9 Å². The molecule has 0 amide bonds.